The summed E-state index contributed by atoms with van der Waals surface area (Å²) in [5, 5.41) is 10.4. The number of nitrogens with one attached hydrogen (secondary N) is 2. The van der Waals surface area contributed by atoms with Gasteiger partial charge in [-0.1, -0.05) is 31.2 Å². The van der Waals surface area contributed by atoms with Gasteiger partial charge in [0.05, 0.1) is 0 Å². The number of aromatic nitrogens is 3. The number of amides is 1. The molecule has 1 aliphatic carbocycles. The molecule has 2 N–H and O–H groups in total. The van der Waals surface area contributed by atoms with Gasteiger partial charge in [-0.2, -0.15) is 5.10 Å². The Kier molecular flexibility index (Phi) is 5.39. The van der Waals surface area contributed by atoms with E-state index in [1.54, 1.807) is 12.4 Å². The van der Waals surface area contributed by atoms with Gasteiger partial charge in [-0.05, 0) is 43.0 Å². The first-order chi connectivity index (χ1) is 13.7. The predicted octanol–water partition coefficient (Wildman–Crippen LogP) is 3.37. The minimum Gasteiger partial charge on any atom is -0.381 e. The highest BCUT2D eigenvalue weighted by Crippen LogP contribution is 2.45. The van der Waals surface area contributed by atoms with E-state index in [0.29, 0.717) is 18.9 Å². The van der Waals surface area contributed by atoms with Crippen molar-refractivity contribution in [3.05, 3.63) is 71.8 Å². The average Bonchev–Trinajstić information content (AvgIpc) is 3.23. The van der Waals surface area contributed by atoms with Gasteiger partial charge in [0.15, 0.2) is 0 Å². The normalized spacial score (nSPS) is 23.5. The Morgan fingerprint density at radius 1 is 1.29 bits per heavy atom. The monoisotopic (exact) mass is 378 g/mol. The van der Waals surface area contributed by atoms with E-state index >= 15 is 0 Å². The van der Waals surface area contributed by atoms with E-state index < -0.39 is 0 Å². The van der Waals surface area contributed by atoms with Gasteiger partial charge >= 0.3 is 0 Å². The first kappa shape index (κ1) is 18.6. The summed E-state index contributed by atoms with van der Waals surface area (Å²) in [4.78, 5) is 17.1. The molecule has 146 valence electrons. The summed E-state index contributed by atoms with van der Waals surface area (Å²) in [6.07, 6.45) is 14.7. The van der Waals surface area contributed by atoms with Gasteiger partial charge in [0.1, 0.15) is 5.69 Å². The second kappa shape index (κ2) is 8.10. The quantitative estimate of drug-likeness (QED) is 0.836. The fourth-order valence-corrected chi connectivity index (χ4v) is 4.15. The standard InChI is InChI=1S/C22H26N4O2/c1-22(9-3-2-4-10-22)20(18-6-12-24-26-18)16-5-11-23-19(15-16)21(27)25-17-7-13-28-14-8-17/h2-6,9,11-12,15,17,20H,7-8,10,13-14H2,1H3,(H,24,26)(H,25,27). The van der Waals surface area contributed by atoms with Crippen molar-refractivity contribution in [1.82, 2.24) is 20.5 Å². The zero-order valence-electron chi connectivity index (χ0n) is 16.1. The van der Waals surface area contributed by atoms with Crippen LogP contribution in [0.25, 0.3) is 0 Å². The number of ether oxygens (including phenoxy) is 1. The molecule has 1 amide bonds. The van der Waals surface area contributed by atoms with E-state index in [2.05, 4.69) is 51.7 Å². The lowest BCUT2D eigenvalue weighted by Gasteiger charge is -2.35. The summed E-state index contributed by atoms with van der Waals surface area (Å²) >= 11 is 0. The first-order valence-electron chi connectivity index (χ1n) is 9.84. The summed E-state index contributed by atoms with van der Waals surface area (Å²) in [7, 11) is 0. The highest BCUT2D eigenvalue weighted by molar-refractivity contribution is 5.92. The SMILES string of the molecule is CC1(C(c2ccnc(C(=O)NC3CCOCC3)c2)c2ccn[nH]2)C=CC=CC1. The van der Waals surface area contributed by atoms with Crippen molar-refractivity contribution < 1.29 is 9.53 Å². The third-order valence-electron chi connectivity index (χ3n) is 5.68. The highest BCUT2D eigenvalue weighted by atomic mass is 16.5. The van der Waals surface area contributed by atoms with E-state index in [0.717, 1.165) is 30.5 Å². The molecule has 6 heteroatoms. The Morgan fingerprint density at radius 2 is 2.14 bits per heavy atom. The average molecular weight is 378 g/mol. The number of pyridine rings is 1. The topological polar surface area (TPSA) is 79.9 Å². The molecular formula is C22H26N4O2. The van der Waals surface area contributed by atoms with E-state index in [-0.39, 0.29) is 23.3 Å². The van der Waals surface area contributed by atoms with Crippen LogP contribution < -0.4 is 5.32 Å². The molecule has 0 saturated carbocycles. The largest absolute Gasteiger partial charge is 0.381 e. The molecule has 6 nitrogen and oxygen atoms in total. The summed E-state index contributed by atoms with van der Waals surface area (Å²) < 4.78 is 5.37. The van der Waals surface area contributed by atoms with Crippen LogP contribution >= 0.6 is 0 Å². The number of allylic oxidation sites excluding steroid dienone is 4. The maximum Gasteiger partial charge on any atom is 0.270 e. The zero-order chi connectivity index (χ0) is 19.4. The second-order valence-corrected chi connectivity index (χ2v) is 7.78. The number of H-pyrrole nitrogens is 1. The summed E-state index contributed by atoms with van der Waals surface area (Å²) in [5.74, 6) is -0.0739. The van der Waals surface area contributed by atoms with Crippen molar-refractivity contribution in [3.63, 3.8) is 0 Å². The Labute approximate surface area is 165 Å². The van der Waals surface area contributed by atoms with Gasteiger partial charge in [0.25, 0.3) is 5.91 Å². The van der Waals surface area contributed by atoms with Gasteiger partial charge in [-0.25, -0.2) is 0 Å². The molecule has 1 aliphatic heterocycles. The number of hydrogen-bond acceptors (Lipinski definition) is 4. The molecular weight excluding hydrogens is 352 g/mol. The Morgan fingerprint density at radius 3 is 2.86 bits per heavy atom. The molecule has 2 atom stereocenters. The van der Waals surface area contributed by atoms with Crippen molar-refractivity contribution in [1.29, 1.82) is 0 Å². The van der Waals surface area contributed by atoms with Gasteiger partial charge < -0.3 is 10.1 Å². The van der Waals surface area contributed by atoms with Gasteiger partial charge in [-0.3, -0.25) is 14.9 Å². The van der Waals surface area contributed by atoms with Gasteiger partial charge in [-0.15, -0.1) is 0 Å². The number of rotatable bonds is 5. The van der Waals surface area contributed by atoms with Crippen LogP contribution in [0, 0.1) is 5.41 Å². The highest BCUT2D eigenvalue weighted by Gasteiger charge is 2.35. The number of hydrogen-bond donors (Lipinski definition) is 2. The Bertz CT molecular complexity index is 868. The van der Waals surface area contributed by atoms with E-state index in [1.807, 2.05) is 18.2 Å². The minimum atomic E-state index is -0.124. The molecule has 2 aliphatic rings. The molecule has 0 aromatic carbocycles. The first-order valence-corrected chi connectivity index (χ1v) is 9.84. The van der Waals surface area contributed by atoms with E-state index in [1.165, 1.54) is 0 Å². The lowest BCUT2D eigenvalue weighted by Crippen LogP contribution is -2.39. The van der Waals surface area contributed by atoms with Crippen LogP contribution in [-0.2, 0) is 4.74 Å². The molecule has 2 unspecified atom stereocenters. The van der Waals surface area contributed by atoms with Crippen LogP contribution in [0.1, 0.15) is 53.8 Å². The number of carbonyl (C=O) groups excluding carboxylic acids is 1. The third kappa shape index (κ3) is 3.92. The van der Waals surface area contributed by atoms with Crippen LogP contribution in [0.2, 0.25) is 0 Å². The molecule has 0 bridgehead atoms. The van der Waals surface area contributed by atoms with Crippen molar-refractivity contribution in [2.24, 2.45) is 5.41 Å². The zero-order valence-corrected chi connectivity index (χ0v) is 16.1. The smallest absolute Gasteiger partial charge is 0.270 e. The minimum absolute atomic E-state index is 0.0498. The van der Waals surface area contributed by atoms with Crippen LogP contribution in [0.5, 0.6) is 0 Å². The third-order valence-corrected chi connectivity index (χ3v) is 5.68. The molecule has 0 radical (unpaired) electrons. The molecule has 28 heavy (non-hydrogen) atoms. The number of nitrogens with zero attached hydrogens (tertiary/aromatic N) is 2. The lowest BCUT2D eigenvalue weighted by atomic mass is 9.68. The molecule has 1 saturated heterocycles. The Hall–Kier alpha value is -2.73. The van der Waals surface area contributed by atoms with Crippen molar-refractivity contribution >= 4 is 5.91 Å². The fourth-order valence-electron chi connectivity index (χ4n) is 4.15. The van der Waals surface area contributed by atoms with Crippen LogP contribution in [-0.4, -0.2) is 40.3 Å². The molecule has 2 aromatic rings. The molecule has 0 spiro atoms. The maximum absolute atomic E-state index is 12.8. The summed E-state index contributed by atoms with van der Waals surface area (Å²) in [5.41, 5.74) is 2.42. The number of aromatic amines is 1. The van der Waals surface area contributed by atoms with E-state index in [4.69, 9.17) is 4.74 Å². The molecule has 3 heterocycles. The van der Waals surface area contributed by atoms with Gasteiger partial charge in [0, 0.05) is 48.7 Å². The predicted molar refractivity (Wildman–Crippen MR) is 107 cm³/mol. The van der Waals surface area contributed by atoms with Crippen molar-refractivity contribution in [2.75, 3.05) is 13.2 Å². The lowest BCUT2D eigenvalue weighted by molar-refractivity contribution is 0.0694. The summed E-state index contributed by atoms with van der Waals surface area (Å²) in [6, 6.07) is 6.06. The maximum atomic E-state index is 12.8. The molecule has 4 rings (SSSR count). The van der Waals surface area contributed by atoms with Crippen LogP contribution in [0.15, 0.2) is 54.9 Å². The van der Waals surface area contributed by atoms with Crippen molar-refractivity contribution in [3.8, 4) is 0 Å². The summed E-state index contributed by atoms with van der Waals surface area (Å²) in [6.45, 7) is 3.62. The van der Waals surface area contributed by atoms with Gasteiger partial charge in [0.2, 0.25) is 0 Å². The van der Waals surface area contributed by atoms with Crippen LogP contribution in [0.4, 0.5) is 0 Å². The second-order valence-electron chi connectivity index (χ2n) is 7.78. The van der Waals surface area contributed by atoms with Crippen molar-refractivity contribution in [2.45, 2.75) is 38.1 Å². The number of carbonyl (C=O) groups is 1. The molecule has 2 aromatic heterocycles. The Balaban J connectivity index is 1.62. The van der Waals surface area contributed by atoms with E-state index in [9.17, 15) is 4.79 Å². The van der Waals surface area contributed by atoms with Crippen LogP contribution in [0.3, 0.4) is 0 Å². The fraction of sp³-hybridized carbons (Fsp3) is 0.409. The molecule has 1 fully saturated rings.